The lowest BCUT2D eigenvalue weighted by molar-refractivity contribution is -0.149. The van der Waals surface area contributed by atoms with Crippen molar-refractivity contribution in [3.8, 4) is 0 Å². The maximum absolute atomic E-state index is 12.5. The summed E-state index contributed by atoms with van der Waals surface area (Å²) in [6, 6.07) is 9.26. The minimum Gasteiger partial charge on any atom is -0.463 e. The molecular weight excluding hydrogens is 306 g/mol. The monoisotopic (exact) mass is 331 g/mol. The molecule has 0 saturated carbocycles. The zero-order valence-corrected chi connectivity index (χ0v) is 14.7. The molecule has 1 amide bonds. The Kier molecular flexibility index (Phi) is 6.01. The number of allylic oxidation sites excluding steroid dienone is 1. The molecule has 1 aliphatic rings. The van der Waals surface area contributed by atoms with Gasteiger partial charge in [0.15, 0.2) is 0 Å². The van der Waals surface area contributed by atoms with Gasteiger partial charge in [0, 0.05) is 6.42 Å². The molecule has 5 nitrogen and oxygen atoms in total. The van der Waals surface area contributed by atoms with Crippen LogP contribution < -0.4 is 0 Å². The van der Waals surface area contributed by atoms with Crippen LogP contribution in [0.1, 0.15) is 52.1 Å². The van der Waals surface area contributed by atoms with Crippen LogP contribution in [0.3, 0.4) is 0 Å². The van der Waals surface area contributed by atoms with Gasteiger partial charge in [-0.05, 0) is 39.3 Å². The van der Waals surface area contributed by atoms with Crippen molar-refractivity contribution in [1.82, 2.24) is 4.90 Å². The van der Waals surface area contributed by atoms with E-state index in [-0.39, 0.29) is 30.6 Å². The molecule has 2 rings (SSSR count). The Morgan fingerprint density at radius 3 is 2.58 bits per heavy atom. The van der Waals surface area contributed by atoms with E-state index >= 15 is 0 Å². The second-order valence-corrected chi connectivity index (χ2v) is 6.22. The fraction of sp³-hybridized carbons (Fsp3) is 0.474. The molecule has 5 heteroatoms. The highest BCUT2D eigenvalue weighted by atomic mass is 16.6. The van der Waals surface area contributed by atoms with Crippen LogP contribution >= 0.6 is 0 Å². The second kappa shape index (κ2) is 7.99. The first kappa shape index (κ1) is 18.0. The number of amides is 1. The van der Waals surface area contributed by atoms with Crippen molar-refractivity contribution < 1.29 is 19.1 Å². The average molecular weight is 331 g/mol. The van der Waals surface area contributed by atoms with Gasteiger partial charge in [-0.1, -0.05) is 30.3 Å². The number of cyclic esters (lactones) is 1. The Hall–Kier alpha value is -2.30. The number of esters is 1. The summed E-state index contributed by atoms with van der Waals surface area (Å²) >= 11 is 0. The minimum absolute atomic E-state index is 0.155. The van der Waals surface area contributed by atoms with Crippen molar-refractivity contribution in [2.75, 3.05) is 0 Å². The Bertz CT molecular complexity index is 609. The molecule has 1 aromatic rings. The highest BCUT2D eigenvalue weighted by Crippen LogP contribution is 2.32. The van der Waals surface area contributed by atoms with Crippen molar-refractivity contribution in [3.63, 3.8) is 0 Å². The van der Waals surface area contributed by atoms with Crippen LogP contribution in [0.5, 0.6) is 0 Å². The topological polar surface area (TPSA) is 55.8 Å². The first-order valence-electron chi connectivity index (χ1n) is 8.32. The van der Waals surface area contributed by atoms with Crippen molar-refractivity contribution in [2.45, 2.75) is 58.7 Å². The summed E-state index contributed by atoms with van der Waals surface area (Å²) < 4.78 is 10.6. The van der Waals surface area contributed by atoms with E-state index in [1.165, 1.54) is 0 Å². The normalized spacial score (nSPS) is 20.9. The van der Waals surface area contributed by atoms with Gasteiger partial charge < -0.3 is 9.47 Å². The third-order valence-electron chi connectivity index (χ3n) is 4.05. The molecule has 1 heterocycles. The summed E-state index contributed by atoms with van der Waals surface area (Å²) in [6.07, 6.45) is 1.83. The Morgan fingerprint density at radius 2 is 2.00 bits per heavy atom. The third kappa shape index (κ3) is 4.37. The minimum atomic E-state index is -0.423. The number of nitrogens with zero attached hydrogens (tertiary/aromatic N) is 1. The highest BCUT2D eigenvalue weighted by Gasteiger charge is 2.37. The summed E-state index contributed by atoms with van der Waals surface area (Å²) in [7, 11) is 0. The summed E-state index contributed by atoms with van der Waals surface area (Å²) in [5.41, 5.74) is 1.00. The molecule has 0 unspecified atom stereocenters. The maximum atomic E-state index is 12.5. The molecule has 0 N–H and O–H groups in total. The molecule has 2 atom stereocenters. The lowest BCUT2D eigenvalue weighted by Crippen LogP contribution is -2.47. The number of carbonyl (C=O) groups excluding carboxylic acids is 2. The van der Waals surface area contributed by atoms with Gasteiger partial charge in [0.2, 0.25) is 0 Å². The summed E-state index contributed by atoms with van der Waals surface area (Å²) in [5, 5.41) is 0. The quantitative estimate of drug-likeness (QED) is 0.759. The molecule has 0 bridgehead atoms. The standard InChI is InChI=1S/C19H25NO4/c1-5-17-11-16(12-18(21)23-13(2)3)20(19(22)24-17)14(4)15-9-7-6-8-10-15/h5-10,13-14,16H,11-12H2,1-4H3/b17-5-/t14-,16-/m1/s1. The van der Waals surface area contributed by atoms with Gasteiger partial charge >= 0.3 is 12.1 Å². The Balaban J connectivity index is 2.23. The number of carbonyl (C=O) groups is 2. The third-order valence-corrected chi connectivity index (χ3v) is 4.05. The number of hydrogen-bond acceptors (Lipinski definition) is 4. The van der Waals surface area contributed by atoms with E-state index in [4.69, 9.17) is 9.47 Å². The van der Waals surface area contributed by atoms with E-state index < -0.39 is 6.09 Å². The van der Waals surface area contributed by atoms with Gasteiger partial charge in [0.1, 0.15) is 5.76 Å². The molecular formula is C19H25NO4. The molecule has 130 valence electrons. The van der Waals surface area contributed by atoms with E-state index in [0.29, 0.717) is 12.2 Å². The maximum Gasteiger partial charge on any atom is 0.415 e. The lowest BCUT2D eigenvalue weighted by atomic mass is 10.00. The van der Waals surface area contributed by atoms with E-state index in [1.54, 1.807) is 11.0 Å². The second-order valence-electron chi connectivity index (χ2n) is 6.22. The average Bonchev–Trinajstić information content (AvgIpc) is 2.54. The van der Waals surface area contributed by atoms with Crippen molar-refractivity contribution in [2.24, 2.45) is 0 Å². The molecule has 24 heavy (non-hydrogen) atoms. The predicted octanol–water partition coefficient (Wildman–Crippen LogP) is 4.20. The van der Waals surface area contributed by atoms with Crippen LogP contribution in [0.25, 0.3) is 0 Å². The number of rotatable bonds is 5. The van der Waals surface area contributed by atoms with Crippen molar-refractivity contribution in [1.29, 1.82) is 0 Å². The first-order chi connectivity index (χ1) is 11.4. The largest absolute Gasteiger partial charge is 0.463 e. The van der Waals surface area contributed by atoms with Gasteiger partial charge in [-0.25, -0.2) is 4.79 Å². The summed E-state index contributed by atoms with van der Waals surface area (Å²) in [4.78, 5) is 26.3. The Morgan fingerprint density at radius 1 is 1.33 bits per heavy atom. The van der Waals surface area contributed by atoms with Crippen molar-refractivity contribution in [3.05, 3.63) is 47.7 Å². The fourth-order valence-corrected chi connectivity index (χ4v) is 2.90. The van der Waals surface area contributed by atoms with E-state index in [1.807, 2.05) is 58.0 Å². The first-order valence-corrected chi connectivity index (χ1v) is 8.32. The SMILES string of the molecule is C/C=C1/C[C@H](CC(=O)OC(C)C)N([C@H](C)c2ccccc2)C(=O)O1. The molecule has 1 saturated heterocycles. The van der Waals surface area contributed by atoms with Gasteiger partial charge in [0.25, 0.3) is 0 Å². The zero-order chi connectivity index (χ0) is 17.7. The van der Waals surface area contributed by atoms with Gasteiger partial charge in [0.05, 0.1) is 24.6 Å². The molecule has 1 fully saturated rings. The lowest BCUT2D eigenvalue weighted by Gasteiger charge is -2.39. The van der Waals surface area contributed by atoms with E-state index in [9.17, 15) is 9.59 Å². The number of hydrogen-bond donors (Lipinski definition) is 0. The molecule has 1 aliphatic heterocycles. The van der Waals surface area contributed by atoms with Crippen LogP contribution in [0.15, 0.2) is 42.2 Å². The van der Waals surface area contributed by atoms with Crippen LogP contribution in [-0.2, 0) is 14.3 Å². The number of ether oxygens (including phenoxy) is 2. The van der Waals surface area contributed by atoms with Crippen LogP contribution in [0.2, 0.25) is 0 Å². The molecule has 0 radical (unpaired) electrons. The Labute approximate surface area is 143 Å². The number of benzene rings is 1. The van der Waals surface area contributed by atoms with Gasteiger partial charge in [-0.3, -0.25) is 9.69 Å². The highest BCUT2D eigenvalue weighted by molar-refractivity contribution is 5.75. The van der Waals surface area contributed by atoms with Crippen LogP contribution in [0.4, 0.5) is 4.79 Å². The predicted molar refractivity (Wildman–Crippen MR) is 91.2 cm³/mol. The molecule has 0 aromatic heterocycles. The zero-order valence-electron chi connectivity index (χ0n) is 14.7. The van der Waals surface area contributed by atoms with E-state index in [0.717, 1.165) is 5.56 Å². The smallest absolute Gasteiger partial charge is 0.415 e. The van der Waals surface area contributed by atoms with Crippen LogP contribution in [-0.4, -0.2) is 29.1 Å². The van der Waals surface area contributed by atoms with Gasteiger partial charge in [-0.15, -0.1) is 0 Å². The fourth-order valence-electron chi connectivity index (χ4n) is 2.90. The molecule has 0 spiro atoms. The van der Waals surface area contributed by atoms with Gasteiger partial charge in [-0.2, -0.15) is 0 Å². The van der Waals surface area contributed by atoms with E-state index in [2.05, 4.69) is 0 Å². The van der Waals surface area contributed by atoms with Crippen LogP contribution in [0, 0.1) is 0 Å². The summed E-state index contributed by atoms with van der Waals surface area (Å²) in [6.45, 7) is 7.39. The molecule has 0 aliphatic carbocycles. The van der Waals surface area contributed by atoms with Crippen molar-refractivity contribution >= 4 is 12.1 Å². The summed E-state index contributed by atoms with van der Waals surface area (Å²) in [5.74, 6) is 0.296. The molecule has 1 aromatic carbocycles.